The number of hydrogen-bond acceptors (Lipinski definition) is 2. The minimum atomic E-state index is -0.533. The van der Waals surface area contributed by atoms with Gasteiger partial charge in [0.1, 0.15) is 0 Å². The van der Waals surface area contributed by atoms with Gasteiger partial charge in [0.15, 0.2) is 0 Å². The van der Waals surface area contributed by atoms with Crippen LogP contribution >= 0.6 is 15.9 Å². The van der Waals surface area contributed by atoms with E-state index in [1.165, 1.54) is 0 Å². The quantitative estimate of drug-likeness (QED) is 0.788. The van der Waals surface area contributed by atoms with Crippen LogP contribution in [0.25, 0.3) is 0 Å². The third-order valence-corrected chi connectivity index (χ3v) is 2.73. The SMILES string of the molecule is CC(O)CNC(=O)NCc1ccccc1Br. The number of hydrogen-bond donors (Lipinski definition) is 3. The predicted octanol–water partition coefficient (Wildman–Crippen LogP) is 1.63. The monoisotopic (exact) mass is 286 g/mol. The highest BCUT2D eigenvalue weighted by atomic mass is 79.9. The molecule has 16 heavy (non-hydrogen) atoms. The lowest BCUT2D eigenvalue weighted by Gasteiger charge is -2.09. The molecule has 0 radical (unpaired) electrons. The summed E-state index contributed by atoms with van der Waals surface area (Å²) in [5.41, 5.74) is 1.01. The fourth-order valence-corrected chi connectivity index (χ4v) is 1.55. The van der Waals surface area contributed by atoms with Crippen LogP contribution in [-0.4, -0.2) is 23.8 Å². The number of rotatable bonds is 4. The van der Waals surface area contributed by atoms with E-state index in [1.54, 1.807) is 6.92 Å². The lowest BCUT2D eigenvalue weighted by Crippen LogP contribution is -2.38. The third-order valence-electron chi connectivity index (χ3n) is 1.96. The maximum absolute atomic E-state index is 11.3. The Morgan fingerprint density at radius 2 is 2.12 bits per heavy atom. The molecule has 0 bridgehead atoms. The third kappa shape index (κ3) is 4.63. The van der Waals surface area contributed by atoms with E-state index in [-0.39, 0.29) is 12.6 Å². The number of halogens is 1. The molecule has 88 valence electrons. The minimum absolute atomic E-state index is 0.252. The van der Waals surface area contributed by atoms with Gasteiger partial charge in [-0.25, -0.2) is 4.79 Å². The molecule has 2 amide bonds. The first-order valence-electron chi connectivity index (χ1n) is 5.02. The van der Waals surface area contributed by atoms with Crippen molar-refractivity contribution in [2.45, 2.75) is 19.6 Å². The summed E-state index contributed by atoms with van der Waals surface area (Å²) in [7, 11) is 0. The fourth-order valence-electron chi connectivity index (χ4n) is 1.12. The predicted molar refractivity (Wildman–Crippen MR) is 66.1 cm³/mol. The molecule has 0 aliphatic carbocycles. The molecule has 4 nitrogen and oxygen atoms in total. The Morgan fingerprint density at radius 1 is 1.44 bits per heavy atom. The first-order chi connectivity index (χ1) is 7.59. The summed E-state index contributed by atoms with van der Waals surface area (Å²) in [6.45, 7) is 2.32. The van der Waals surface area contributed by atoms with Crippen LogP contribution in [0.3, 0.4) is 0 Å². The number of benzene rings is 1. The van der Waals surface area contributed by atoms with E-state index in [0.29, 0.717) is 6.54 Å². The number of aliphatic hydroxyl groups excluding tert-OH is 1. The molecule has 0 heterocycles. The largest absolute Gasteiger partial charge is 0.392 e. The van der Waals surface area contributed by atoms with Crippen LogP contribution in [0.15, 0.2) is 28.7 Å². The van der Waals surface area contributed by atoms with Gasteiger partial charge in [0.25, 0.3) is 0 Å². The van der Waals surface area contributed by atoms with E-state index in [4.69, 9.17) is 5.11 Å². The molecule has 5 heteroatoms. The summed E-state index contributed by atoms with van der Waals surface area (Å²) in [6.07, 6.45) is -0.533. The van der Waals surface area contributed by atoms with Crippen molar-refractivity contribution in [3.8, 4) is 0 Å². The Hall–Kier alpha value is -1.07. The van der Waals surface area contributed by atoms with Gasteiger partial charge in [-0.15, -0.1) is 0 Å². The lowest BCUT2D eigenvalue weighted by molar-refractivity contribution is 0.187. The van der Waals surface area contributed by atoms with E-state index < -0.39 is 6.10 Å². The molecular formula is C11H15BrN2O2. The molecule has 3 N–H and O–H groups in total. The molecule has 0 aromatic heterocycles. The number of aliphatic hydroxyl groups is 1. The summed E-state index contributed by atoms with van der Waals surface area (Å²) in [4.78, 5) is 11.3. The van der Waals surface area contributed by atoms with Crippen molar-refractivity contribution in [2.75, 3.05) is 6.54 Å². The Labute approximate surface area is 103 Å². The number of urea groups is 1. The van der Waals surface area contributed by atoms with Crippen LogP contribution < -0.4 is 10.6 Å². The van der Waals surface area contributed by atoms with E-state index in [2.05, 4.69) is 26.6 Å². The van der Waals surface area contributed by atoms with Gasteiger partial charge in [-0.2, -0.15) is 0 Å². The van der Waals surface area contributed by atoms with Gasteiger partial charge in [-0.3, -0.25) is 0 Å². The molecule has 0 fully saturated rings. The highest BCUT2D eigenvalue weighted by Crippen LogP contribution is 2.14. The number of nitrogens with one attached hydrogen (secondary N) is 2. The molecule has 1 atom stereocenters. The maximum atomic E-state index is 11.3. The van der Waals surface area contributed by atoms with Crippen LogP contribution in [0, 0.1) is 0 Å². The van der Waals surface area contributed by atoms with Crippen molar-refractivity contribution in [1.82, 2.24) is 10.6 Å². The van der Waals surface area contributed by atoms with Crippen molar-refractivity contribution < 1.29 is 9.90 Å². The van der Waals surface area contributed by atoms with Gasteiger partial charge in [0.05, 0.1) is 6.10 Å². The smallest absolute Gasteiger partial charge is 0.315 e. The van der Waals surface area contributed by atoms with Crippen LogP contribution in [-0.2, 0) is 6.54 Å². The standard InChI is InChI=1S/C11H15BrN2O2/c1-8(15)6-13-11(16)14-7-9-4-2-3-5-10(9)12/h2-5,8,15H,6-7H2,1H3,(H2,13,14,16). The highest BCUT2D eigenvalue weighted by molar-refractivity contribution is 9.10. The Balaban J connectivity index is 2.35. The molecule has 0 spiro atoms. The first-order valence-corrected chi connectivity index (χ1v) is 5.82. The molecule has 1 rings (SSSR count). The summed E-state index contributed by atoms with van der Waals surface area (Å²) in [5.74, 6) is 0. The maximum Gasteiger partial charge on any atom is 0.315 e. The van der Waals surface area contributed by atoms with Crippen molar-refractivity contribution in [3.63, 3.8) is 0 Å². The minimum Gasteiger partial charge on any atom is -0.392 e. The van der Waals surface area contributed by atoms with E-state index in [1.807, 2.05) is 24.3 Å². The Morgan fingerprint density at radius 3 is 2.75 bits per heavy atom. The topological polar surface area (TPSA) is 61.4 Å². The van der Waals surface area contributed by atoms with E-state index in [0.717, 1.165) is 10.0 Å². The second kappa shape index (κ2) is 6.50. The summed E-state index contributed by atoms with van der Waals surface area (Å²) in [6, 6.07) is 7.40. The molecule has 0 saturated heterocycles. The van der Waals surface area contributed by atoms with Gasteiger partial charge in [0, 0.05) is 17.6 Å². The molecule has 0 aliphatic heterocycles. The van der Waals surface area contributed by atoms with Crippen LogP contribution in [0.5, 0.6) is 0 Å². The summed E-state index contributed by atoms with van der Waals surface area (Å²) < 4.78 is 0.964. The van der Waals surface area contributed by atoms with Gasteiger partial charge in [-0.05, 0) is 18.6 Å². The number of carbonyl (C=O) groups excluding carboxylic acids is 1. The van der Waals surface area contributed by atoms with E-state index in [9.17, 15) is 4.79 Å². The lowest BCUT2D eigenvalue weighted by atomic mass is 10.2. The van der Waals surface area contributed by atoms with Crippen LogP contribution in [0.1, 0.15) is 12.5 Å². The van der Waals surface area contributed by atoms with Crippen molar-refractivity contribution in [2.24, 2.45) is 0 Å². The zero-order chi connectivity index (χ0) is 12.0. The molecule has 0 saturated carbocycles. The number of amides is 2. The highest BCUT2D eigenvalue weighted by Gasteiger charge is 2.03. The van der Waals surface area contributed by atoms with Gasteiger partial charge < -0.3 is 15.7 Å². The van der Waals surface area contributed by atoms with Crippen molar-refractivity contribution >= 4 is 22.0 Å². The second-order valence-electron chi connectivity index (χ2n) is 3.50. The average Bonchev–Trinajstić information content (AvgIpc) is 2.25. The molecule has 0 aliphatic rings. The molecule has 1 aromatic carbocycles. The van der Waals surface area contributed by atoms with Crippen molar-refractivity contribution in [1.29, 1.82) is 0 Å². The second-order valence-corrected chi connectivity index (χ2v) is 4.36. The Bertz CT molecular complexity index is 356. The van der Waals surface area contributed by atoms with Gasteiger partial charge in [0.2, 0.25) is 0 Å². The molecule has 1 unspecified atom stereocenters. The molecular weight excluding hydrogens is 272 g/mol. The number of carbonyl (C=O) groups is 1. The first kappa shape index (κ1) is 13.0. The van der Waals surface area contributed by atoms with Gasteiger partial charge >= 0.3 is 6.03 Å². The fraction of sp³-hybridized carbons (Fsp3) is 0.364. The van der Waals surface area contributed by atoms with Crippen LogP contribution in [0.2, 0.25) is 0 Å². The summed E-state index contributed by atoms with van der Waals surface area (Å²) >= 11 is 3.40. The zero-order valence-corrected chi connectivity index (χ0v) is 10.6. The Kier molecular flexibility index (Phi) is 5.28. The molecule has 1 aromatic rings. The van der Waals surface area contributed by atoms with Gasteiger partial charge in [-0.1, -0.05) is 34.1 Å². The summed E-state index contributed by atoms with van der Waals surface area (Å²) in [5, 5.41) is 14.2. The van der Waals surface area contributed by atoms with Crippen molar-refractivity contribution in [3.05, 3.63) is 34.3 Å². The normalized spacial score (nSPS) is 11.9. The van der Waals surface area contributed by atoms with E-state index >= 15 is 0 Å². The average molecular weight is 287 g/mol. The van der Waals surface area contributed by atoms with Crippen LogP contribution in [0.4, 0.5) is 4.79 Å². The zero-order valence-electron chi connectivity index (χ0n) is 9.03.